The summed E-state index contributed by atoms with van der Waals surface area (Å²) in [5, 5.41) is 19.2. The van der Waals surface area contributed by atoms with Crippen LogP contribution in [-0.4, -0.2) is 113 Å². The Morgan fingerprint density at radius 3 is 2.28 bits per heavy atom. The third kappa shape index (κ3) is 9.63. The number of aromatic hydroxyl groups is 1. The van der Waals surface area contributed by atoms with Crippen molar-refractivity contribution in [2.24, 2.45) is 5.73 Å². The standard InChI is InChI=1S/C38H47Br2N9O5/c39-29-21-25(22-30(40)34(29)50)23-33(45-37(53)48-15-10-28(11-16-48)49-24-26-5-1-2-6-31(26)44-38(49)54)35(51)43-32(7-3-4-12-41)36(52)47-19-17-46(18-20-47)27-8-13-42-14-9-27/h1-2,5-6,8-9,13-14,21-22,28,32-33,50H,3-4,7,10-12,15-20,23-24,41H2,(H,43,51)(H,44,54)(H,45,53)/t32-,33+/m1/s1. The van der Waals surface area contributed by atoms with E-state index in [0.717, 1.165) is 16.9 Å². The lowest BCUT2D eigenvalue weighted by Gasteiger charge is -2.40. The molecular weight excluding hydrogens is 822 g/mol. The third-order valence-electron chi connectivity index (χ3n) is 10.4. The molecule has 288 valence electrons. The highest BCUT2D eigenvalue weighted by Gasteiger charge is 2.35. The molecule has 3 aliphatic heterocycles. The number of unbranched alkanes of at least 4 members (excludes halogenated alkanes) is 1. The summed E-state index contributed by atoms with van der Waals surface area (Å²) >= 11 is 6.74. The van der Waals surface area contributed by atoms with Crippen LogP contribution in [0, 0.1) is 0 Å². The molecule has 6 amide bonds. The number of nitrogens with two attached hydrogens (primary N) is 1. The minimum atomic E-state index is -1.03. The molecule has 3 aliphatic rings. The van der Waals surface area contributed by atoms with Crippen LogP contribution in [0.15, 0.2) is 69.9 Å². The lowest BCUT2D eigenvalue weighted by atomic mass is 10.0. The lowest BCUT2D eigenvalue weighted by Crippen LogP contribution is -2.59. The van der Waals surface area contributed by atoms with Crippen molar-refractivity contribution in [3.05, 3.63) is 81.0 Å². The quantitative estimate of drug-likeness (QED) is 0.167. The van der Waals surface area contributed by atoms with E-state index in [0.29, 0.717) is 99.0 Å². The van der Waals surface area contributed by atoms with Gasteiger partial charge in [0.15, 0.2) is 0 Å². The van der Waals surface area contributed by atoms with Crippen LogP contribution in [0.1, 0.15) is 43.2 Å². The molecule has 6 N–H and O–H groups in total. The van der Waals surface area contributed by atoms with Gasteiger partial charge in [-0.3, -0.25) is 14.6 Å². The highest BCUT2D eigenvalue weighted by Crippen LogP contribution is 2.34. The number of piperidine rings is 1. The molecule has 6 rings (SSSR count). The number of anilines is 2. The van der Waals surface area contributed by atoms with E-state index in [1.54, 1.807) is 34.3 Å². The molecule has 2 saturated heterocycles. The van der Waals surface area contributed by atoms with Crippen molar-refractivity contribution >= 4 is 67.1 Å². The maximum Gasteiger partial charge on any atom is 0.322 e. The first-order chi connectivity index (χ1) is 26.1. The van der Waals surface area contributed by atoms with Gasteiger partial charge in [0.1, 0.15) is 17.8 Å². The van der Waals surface area contributed by atoms with Gasteiger partial charge in [-0.1, -0.05) is 18.2 Å². The Labute approximate surface area is 332 Å². The Morgan fingerprint density at radius 1 is 0.907 bits per heavy atom. The number of halogens is 2. The van der Waals surface area contributed by atoms with Crippen LogP contribution in [0.4, 0.5) is 21.0 Å². The monoisotopic (exact) mass is 867 g/mol. The summed E-state index contributed by atoms with van der Waals surface area (Å²) in [5.41, 5.74) is 9.38. The molecule has 0 unspecified atom stereocenters. The number of rotatable bonds is 12. The molecule has 16 heteroatoms. The van der Waals surface area contributed by atoms with Crippen molar-refractivity contribution in [2.45, 2.75) is 63.2 Å². The molecule has 14 nitrogen and oxygen atoms in total. The molecule has 3 aromatic rings. The molecule has 4 heterocycles. The fourth-order valence-corrected chi connectivity index (χ4v) is 8.58. The maximum atomic E-state index is 14.2. The van der Waals surface area contributed by atoms with Gasteiger partial charge in [-0.05, 0) is 112 Å². The van der Waals surface area contributed by atoms with E-state index in [2.05, 4.69) is 57.7 Å². The highest BCUT2D eigenvalue weighted by atomic mass is 79.9. The molecule has 0 spiro atoms. The maximum absolute atomic E-state index is 14.2. The minimum absolute atomic E-state index is 0.0205. The van der Waals surface area contributed by atoms with E-state index in [1.165, 1.54) is 0 Å². The number of piperazine rings is 1. The van der Waals surface area contributed by atoms with Crippen LogP contribution in [0.2, 0.25) is 0 Å². The van der Waals surface area contributed by atoms with Crippen LogP contribution < -0.4 is 26.6 Å². The van der Waals surface area contributed by atoms with Gasteiger partial charge < -0.3 is 46.4 Å². The number of urea groups is 2. The third-order valence-corrected chi connectivity index (χ3v) is 11.6. The molecule has 54 heavy (non-hydrogen) atoms. The van der Waals surface area contributed by atoms with E-state index in [9.17, 15) is 24.3 Å². The molecule has 1 aromatic heterocycles. The summed E-state index contributed by atoms with van der Waals surface area (Å²) < 4.78 is 0.870. The van der Waals surface area contributed by atoms with Crippen molar-refractivity contribution < 1.29 is 24.3 Å². The number of hydrogen-bond donors (Lipinski definition) is 5. The Kier molecular flexibility index (Phi) is 13.3. The predicted octanol–water partition coefficient (Wildman–Crippen LogP) is 4.41. The van der Waals surface area contributed by atoms with Gasteiger partial charge in [0.2, 0.25) is 11.8 Å². The minimum Gasteiger partial charge on any atom is -0.506 e. The number of carbonyl (C=O) groups is 4. The zero-order chi connectivity index (χ0) is 38.2. The van der Waals surface area contributed by atoms with Gasteiger partial charge in [-0.25, -0.2) is 9.59 Å². The van der Waals surface area contributed by atoms with Crippen LogP contribution >= 0.6 is 31.9 Å². The number of nitrogens with one attached hydrogen (secondary N) is 3. The number of aromatic nitrogens is 1. The first kappa shape index (κ1) is 39.3. The number of benzene rings is 2. The SMILES string of the molecule is NCCCC[C@@H](NC(=O)[C@H](Cc1cc(Br)c(O)c(Br)c1)NC(=O)N1CCC(N2Cc3ccccc3NC2=O)CC1)C(=O)N1CCN(c2ccncc2)CC1. The van der Waals surface area contributed by atoms with E-state index in [1.807, 2.05) is 41.3 Å². The Balaban J connectivity index is 1.13. The van der Waals surface area contributed by atoms with Gasteiger partial charge in [0.25, 0.3) is 0 Å². The summed E-state index contributed by atoms with van der Waals surface area (Å²) in [6.07, 6.45) is 6.53. The molecule has 0 aliphatic carbocycles. The van der Waals surface area contributed by atoms with E-state index in [4.69, 9.17) is 5.73 Å². The number of pyridine rings is 1. The normalized spacial score (nSPS) is 17.4. The fourth-order valence-electron chi connectivity index (χ4n) is 7.30. The van der Waals surface area contributed by atoms with Crippen molar-refractivity contribution in [3.63, 3.8) is 0 Å². The zero-order valence-electron chi connectivity index (χ0n) is 30.1. The number of phenols is 1. The lowest BCUT2D eigenvalue weighted by molar-refractivity contribution is -0.137. The number of phenolic OH excluding ortho intramolecular Hbond substituents is 1. The van der Waals surface area contributed by atoms with Gasteiger partial charge in [0.05, 0.1) is 8.95 Å². The highest BCUT2D eigenvalue weighted by molar-refractivity contribution is 9.11. The predicted molar refractivity (Wildman–Crippen MR) is 213 cm³/mol. The Bertz CT molecular complexity index is 1780. The zero-order valence-corrected chi connectivity index (χ0v) is 33.2. The van der Waals surface area contributed by atoms with Crippen LogP contribution in [-0.2, 0) is 22.6 Å². The average Bonchev–Trinajstić information content (AvgIpc) is 3.19. The fraction of sp³-hybridized carbons (Fsp3) is 0.447. The molecule has 2 aromatic carbocycles. The van der Waals surface area contributed by atoms with Gasteiger partial charge in [-0.2, -0.15) is 0 Å². The van der Waals surface area contributed by atoms with Crippen LogP contribution in [0.25, 0.3) is 0 Å². The van der Waals surface area contributed by atoms with Crippen molar-refractivity contribution in [1.82, 2.24) is 30.3 Å². The summed E-state index contributed by atoms with van der Waals surface area (Å²) in [5.74, 6) is -0.628. The van der Waals surface area contributed by atoms with Crippen molar-refractivity contribution in [3.8, 4) is 5.75 Å². The Morgan fingerprint density at radius 2 is 1.59 bits per heavy atom. The topological polar surface area (TPSA) is 176 Å². The van der Waals surface area contributed by atoms with E-state index in [-0.39, 0.29) is 30.2 Å². The number of hydrogen-bond acceptors (Lipinski definition) is 8. The van der Waals surface area contributed by atoms with Crippen molar-refractivity contribution in [1.29, 1.82) is 0 Å². The Hall–Kier alpha value is -4.41. The molecule has 0 saturated carbocycles. The second-order valence-electron chi connectivity index (χ2n) is 13.9. The summed E-state index contributed by atoms with van der Waals surface area (Å²) in [6, 6.07) is 12.6. The van der Waals surface area contributed by atoms with Gasteiger partial charge in [0, 0.05) is 82.0 Å². The molecule has 2 atom stereocenters. The molecule has 0 bridgehead atoms. The smallest absolute Gasteiger partial charge is 0.322 e. The summed E-state index contributed by atoms with van der Waals surface area (Å²) in [4.78, 5) is 66.5. The first-order valence-electron chi connectivity index (χ1n) is 18.4. The first-order valence-corrected chi connectivity index (χ1v) is 20.0. The molecule has 0 radical (unpaired) electrons. The van der Waals surface area contributed by atoms with E-state index < -0.39 is 24.0 Å². The van der Waals surface area contributed by atoms with E-state index >= 15 is 0 Å². The van der Waals surface area contributed by atoms with Crippen LogP contribution in [0.3, 0.4) is 0 Å². The molecule has 2 fully saturated rings. The average molecular weight is 870 g/mol. The van der Waals surface area contributed by atoms with Crippen LogP contribution in [0.5, 0.6) is 5.75 Å². The van der Waals surface area contributed by atoms with Crippen molar-refractivity contribution in [2.75, 3.05) is 56.0 Å². The second kappa shape index (κ2) is 18.3. The number of likely N-dealkylation sites (tertiary alicyclic amines) is 1. The summed E-state index contributed by atoms with van der Waals surface area (Å²) in [7, 11) is 0. The summed E-state index contributed by atoms with van der Waals surface area (Å²) in [6.45, 7) is 4.07. The number of para-hydroxylation sites is 1. The van der Waals surface area contributed by atoms with Gasteiger partial charge >= 0.3 is 12.1 Å². The number of fused-ring (bicyclic) bond motifs is 1. The second-order valence-corrected chi connectivity index (χ2v) is 15.6. The van der Waals surface area contributed by atoms with Gasteiger partial charge in [-0.15, -0.1) is 0 Å². The largest absolute Gasteiger partial charge is 0.506 e. The molecular formula is C38H47Br2N9O5. The number of carbonyl (C=O) groups excluding carboxylic acids is 4. The number of amides is 6. The number of nitrogens with zero attached hydrogens (tertiary/aromatic N) is 5.